The minimum Gasteiger partial charge on any atom is -0.394 e. The van der Waals surface area contributed by atoms with Gasteiger partial charge in [-0.2, -0.15) is 0 Å². The Kier molecular flexibility index (Phi) is 11.4. The minimum atomic E-state index is -2.40. The second-order valence-corrected chi connectivity index (χ2v) is 6.84. The van der Waals surface area contributed by atoms with Crippen molar-refractivity contribution >= 4 is 41.5 Å². The molecule has 0 aromatic heterocycles. The average Bonchev–Trinajstić information content (AvgIpc) is 2.86. The molecule has 0 bridgehead atoms. The molecule has 0 heterocycles. The summed E-state index contributed by atoms with van der Waals surface area (Å²) in [5, 5.41) is 10.3. The third kappa shape index (κ3) is 9.78. The highest BCUT2D eigenvalue weighted by molar-refractivity contribution is 5.99. The number of nitrogens with two attached hydrogens (primary N) is 2. The van der Waals surface area contributed by atoms with E-state index in [0.29, 0.717) is 0 Å². The highest BCUT2D eigenvalue weighted by atomic mass is 19.2. The van der Waals surface area contributed by atoms with E-state index in [1.807, 2.05) is 10.6 Å². The molecule has 9 N–H and O–H groups in total. The van der Waals surface area contributed by atoms with E-state index in [1.165, 1.54) is 0 Å². The molecule has 202 valence electrons. The maximum Gasteiger partial charge on any atom is 0.267 e. The van der Waals surface area contributed by atoms with Crippen LogP contribution in [0.15, 0.2) is 5.70 Å². The molecule has 0 fully saturated rings. The summed E-state index contributed by atoms with van der Waals surface area (Å²) in [5.41, 5.74) is 7.62. The predicted octanol–water partition coefficient (Wildman–Crippen LogP) is -3.25. The monoisotopic (exact) mass is 537 g/mol. The number of hydrogen-bond acceptors (Lipinski definition) is 7. The van der Waals surface area contributed by atoms with Crippen LogP contribution < -0.4 is 38.1 Å². The third-order valence-electron chi connectivity index (χ3n) is 4.01. The highest BCUT2D eigenvalue weighted by Gasteiger charge is 2.25. The number of carbonyl (C=O) groups is 6. The lowest BCUT2D eigenvalue weighted by Gasteiger charge is -2.09. The van der Waals surface area contributed by atoms with Crippen LogP contribution in [0.5, 0.6) is 0 Å². The number of halogens is 5. The van der Waals surface area contributed by atoms with Crippen molar-refractivity contribution in [3.05, 3.63) is 40.3 Å². The summed E-state index contributed by atoms with van der Waals surface area (Å²) in [5.74, 6) is -16.8. The molecule has 0 atom stereocenters. The Morgan fingerprint density at radius 2 is 0.865 bits per heavy atom. The fourth-order valence-electron chi connectivity index (χ4n) is 2.20. The molecule has 0 aliphatic heterocycles. The molecule has 37 heavy (non-hydrogen) atoms. The van der Waals surface area contributed by atoms with Crippen LogP contribution in [0.3, 0.4) is 0 Å². The number of rotatable bonds is 12. The van der Waals surface area contributed by atoms with Crippen LogP contribution in [-0.2, 0) is 28.8 Å². The third-order valence-corrected chi connectivity index (χ3v) is 4.01. The first-order valence-corrected chi connectivity index (χ1v) is 9.86. The SMILES string of the molecule is NC(=O)CNC(=O)CNC(=O)CNC(=O)CNC(=O)CNC(=O)C(N)=Cc1c(F)c(F)c(F)c(F)c1F. The second-order valence-electron chi connectivity index (χ2n) is 6.84. The molecule has 0 radical (unpaired) electrons. The van der Waals surface area contributed by atoms with Crippen LogP contribution in [0.25, 0.3) is 6.08 Å². The summed E-state index contributed by atoms with van der Waals surface area (Å²) in [6, 6.07) is 0. The van der Waals surface area contributed by atoms with Crippen LogP contribution in [-0.4, -0.2) is 68.2 Å². The van der Waals surface area contributed by atoms with Crippen molar-refractivity contribution in [2.75, 3.05) is 32.7 Å². The first-order chi connectivity index (χ1) is 17.2. The van der Waals surface area contributed by atoms with Crippen molar-refractivity contribution in [3.8, 4) is 0 Å². The van der Waals surface area contributed by atoms with Gasteiger partial charge in [0.05, 0.1) is 44.0 Å². The summed E-state index contributed by atoms with van der Waals surface area (Å²) in [6.45, 7) is -2.97. The lowest BCUT2D eigenvalue weighted by Crippen LogP contribution is -2.46. The first-order valence-electron chi connectivity index (χ1n) is 9.86. The molecule has 1 rings (SSSR count). The van der Waals surface area contributed by atoms with Gasteiger partial charge in [-0.3, -0.25) is 28.8 Å². The molecule has 6 amide bonds. The molecule has 13 nitrogen and oxygen atoms in total. The fraction of sp³-hybridized carbons (Fsp3) is 0.263. The molecule has 0 aliphatic carbocycles. The number of benzene rings is 1. The van der Waals surface area contributed by atoms with Crippen LogP contribution in [0.1, 0.15) is 5.56 Å². The van der Waals surface area contributed by atoms with E-state index >= 15 is 0 Å². The largest absolute Gasteiger partial charge is 0.394 e. The smallest absolute Gasteiger partial charge is 0.267 e. The lowest BCUT2D eigenvalue weighted by atomic mass is 10.1. The molecular formula is C19H20F5N7O6. The fourth-order valence-corrected chi connectivity index (χ4v) is 2.20. The van der Waals surface area contributed by atoms with Gasteiger partial charge >= 0.3 is 0 Å². The zero-order valence-corrected chi connectivity index (χ0v) is 18.6. The van der Waals surface area contributed by atoms with Crippen molar-refractivity contribution in [2.45, 2.75) is 0 Å². The Morgan fingerprint density at radius 1 is 0.541 bits per heavy atom. The van der Waals surface area contributed by atoms with Gasteiger partial charge in [0.25, 0.3) is 5.91 Å². The standard InChI is InChI=1S/C19H20F5N7O6/c20-14-7(15(21)17(23)18(24)16(14)22)1-8(25)19(37)31-6-13(36)30-5-12(35)29-4-11(34)28-3-10(33)27-2-9(26)32/h1H,2-6,25H2,(H2,26,32)(H,27,33)(H,28,34)(H,29,35)(H,30,36)(H,31,37). The maximum absolute atomic E-state index is 13.7. The molecule has 1 aromatic rings. The van der Waals surface area contributed by atoms with Gasteiger partial charge < -0.3 is 38.1 Å². The van der Waals surface area contributed by atoms with E-state index in [2.05, 4.69) is 16.0 Å². The summed E-state index contributed by atoms with van der Waals surface area (Å²) in [4.78, 5) is 68.5. The van der Waals surface area contributed by atoms with Gasteiger partial charge in [0.2, 0.25) is 35.4 Å². The molecule has 0 aliphatic rings. The number of amides is 6. The summed E-state index contributed by atoms with van der Waals surface area (Å²) in [7, 11) is 0. The Morgan fingerprint density at radius 3 is 1.24 bits per heavy atom. The number of hydrogen-bond donors (Lipinski definition) is 7. The van der Waals surface area contributed by atoms with Crippen molar-refractivity contribution in [3.63, 3.8) is 0 Å². The summed E-state index contributed by atoms with van der Waals surface area (Å²) < 4.78 is 66.8. The molecular weight excluding hydrogens is 517 g/mol. The molecule has 0 saturated heterocycles. The van der Waals surface area contributed by atoms with Gasteiger partial charge in [-0.05, 0) is 6.08 Å². The average molecular weight is 537 g/mol. The molecule has 0 saturated carbocycles. The van der Waals surface area contributed by atoms with Crippen LogP contribution in [0.4, 0.5) is 22.0 Å². The van der Waals surface area contributed by atoms with Gasteiger partial charge in [-0.1, -0.05) is 0 Å². The normalized spacial score (nSPS) is 10.8. The predicted molar refractivity (Wildman–Crippen MR) is 113 cm³/mol. The zero-order valence-electron chi connectivity index (χ0n) is 18.6. The summed E-state index contributed by atoms with van der Waals surface area (Å²) in [6.07, 6.45) is 0.184. The Labute approximate surface area is 204 Å². The molecule has 0 spiro atoms. The van der Waals surface area contributed by atoms with Gasteiger partial charge in [-0.25, -0.2) is 22.0 Å². The summed E-state index contributed by atoms with van der Waals surface area (Å²) >= 11 is 0. The lowest BCUT2D eigenvalue weighted by molar-refractivity contribution is -0.129. The molecule has 1 aromatic carbocycles. The van der Waals surface area contributed by atoms with Crippen molar-refractivity contribution in [2.24, 2.45) is 11.5 Å². The number of nitrogens with one attached hydrogen (secondary N) is 5. The second kappa shape index (κ2) is 14.0. The number of carbonyl (C=O) groups excluding carboxylic acids is 6. The quantitative estimate of drug-likeness (QED) is 0.0625. The zero-order chi connectivity index (χ0) is 28.3. The van der Waals surface area contributed by atoms with Crippen molar-refractivity contribution < 1.29 is 50.7 Å². The van der Waals surface area contributed by atoms with Crippen molar-refractivity contribution in [1.82, 2.24) is 26.6 Å². The van der Waals surface area contributed by atoms with Gasteiger partial charge in [0.15, 0.2) is 23.3 Å². The maximum atomic E-state index is 13.7. The Bertz CT molecular complexity index is 1120. The van der Waals surface area contributed by atoms with Gasteiger partial charge in [0.1, 0.15) is 0 Å². The Balaban J connectivity index is 2.44. The van der Waals surface area contributed by atoms with E-state index in [-0.39, 0.29) is 6.08 Å². The van der Waals surface area contributed by atoms with Gasteiger partial charge in [0, 0.05) is 0 Å². The molecule has 18 heteroatoms. The van der Waals surface area contributed by atoms with E-state index in [9.17, 15) is 50.7 Å². The first kappa shape index (κ1) is 30.3. The molecule has 0 unspecified atom stereocenters. The number of primary amides is 1. The van der Waals surface area contributed by atoms with E-state index < -0.39 is 109 Å². The van der Waals surface area contributed by atoms with E-state index in [4.69, 9.17) is 11.5 Å². The van der Waals surface area contributed by atoms with Crippen LogP contribution >= 0.6 is 0 Å². The highest BCUT2D eigenvalue weighted by Crippen LogP contribution is 2.24. The minimum absolute atomic E-state index is 0.184. The van der Waals surface area contributed by atoms with Gasteiger partial charge in [-0.15, -0.1) is 0 Å². The van der Waals surface area contributed by atoms with Crippen LogP contribution in [0, 0.1) is 29.1 Å². The van der Waals surface area contributed by atoms with E-state index in [1.54, 1.807) is 0 Å². The van der Waals surface area contributed by atoms with Crippen molar-refractivity contribution in [1.29, 1.82) is 0 Å². The van der Waals surface area contributed by atoms with E-state index in [0.717, 1.165) is 0 Å². The van der Waals surface area contributed by atoms with Crippen LogP contribution in [0.2, 0.25) is 0 Å². The topological polar surface area (TPSA) is 215 Å². The Hall–Kier alpha value is -4.77.